The minimum Gasteiger partial charge on any atom is -0.384 e. The number of nitrogens with zero attached hydrogens (tertiary/aromatic N) is 3. The molecular weight excluding hydrogens is 465 g/mol. The average molecular weight is 488 g/mol. The van der Waals surface area contributed by atoms with Crippen molar-refractivity contribution < 1.29 is 9.18 Å². The van der Waals surface area contributed by atoms with E-state index in [0.29, 0.717) is 27.9 Å². The van der Waals surface area contributed by atoms with E-state index in [2.05, 4.69) is 17.4 Å². The average Bonchev–Trinajstić information content (AvgIpc) is 3.14. The molecule has 0 aliphatic heterocycles. The van der Waals surface area contributed by atoms with Crippen LogP contribution in [0.5, 0.6) is 0 Å². The Kier molecular flexibility index (Phi) is 6.09. The van der Waals surface area contributed by atoms with Gasteiger partial charge in [0.15, 0.2) is 5.65 Å². The van der Waals surface area contributed by atoms with Gasteiger partial charge in [-0.15, -0.1) is 0 Å². The Morgan fingerprint density at radius 2 is 1.74 bits per heavy atom. The van der Waals surface area contributed by atoms with Crippen molar-refractivity contribution in [2.24, 2.45) is 0 Å². The highest BCUT2D eigenvalue weighted by Crippen LogP contribution is 2.32. The maximum absolute atomic E-state index is 13.8. The summed E-state index contributed by atoms with van der Waals surface area (Å²) in [6, 6.07) is 21.6. The third-order valence-corrected chi connectivity index (χ3v) is 6.26. The molecule has 8 heteroatoms. The van der Waals surface area contributed by atoms with Crippen molar-refractivity contribution in [2.45, 2.75) is 25.8 Å². The predicted molar refractivity (Wildman–Crippen MR) is 137 cm³/mol. The number of hydrogen-bond donors (Lipinski definition) is 2. The molecule has 35 heavy (non-hydrogen) atoms. The Bertz CT molecular complexity index is 1550. The van der Waals surface area contributed by atoms with Crippen molar-refractivity contribution in [2.75, 3.05) is 5.73 Å². The number of nitrogens with two attached hydrogens (primary N) is 1. The number of amides is 1. The van der Waals surface area contributed by atoms with Gasteiger partial charge in [-0.05, 0) is 55.7 Å². The van der Waals surface area contributed by atoms with Crippen molar-refractivity contribution >= 4 is 45.5 Å². The summed E-state index contributed by atoms with van der Waals surface area (Å²) in [6.07, 6.45) is 1.59. The first kappa shape index (κ1) is 22.8. The van der Waals surface area contributed by atoms with Crippen molar-refractivity contribution in [3.05, 3.63) is 94.8 Å². The van der Waals surface area contributed by atoms with E-state index in [1.807, 2.05) is 49.4 Å². The van der Waals surface area contributed by atoms with Gasteiger partial charge in [0.1, 0.15) is 22.7 Å². The fourth-order valence-corrected chi connectivity index (χ4v) is 4.34. The Hall–Kier alpha value is -3.97. The Morgan fingerprint density at radius 3 is 2.46 bits per heavy atom. The lowest BCUT2D eigenvalue weighted by Crippen LogP contribution is -2.33. The highest BCUT2D eigenvalue weighted by atomic mass is 35.5. The summed E-state index contributed by atoms with van der Waals surface area (Å²) in [7, 11) is 0. The predicted octanol–water partition coefficient (Wildman–Crippen LogP) is 5.70. The number of carbonyl (C=O) groups excluding carboxylic acids is 1. The van der Waals surface area contributed by atoms with E-state index in [1.165, 1.54) is 23.8 Å². The number of aromatic nitrogens is 3. The zero-order valence-electron chi connectivity index (χ0n) is 19.0. The first-order valence-electron chi connectivity index (χ1n) is 11.3. The van der Waals surface area contributed by atoms with Gasteiger partial charge in [-0.3, -0.25) is 9.36 Å². The van der Waals surface area contributed by atoms with Gasteiger partial charge in [-0.2, -0.15) is 0 Å². The number of halogens is 2. The molecule has 0 aliphatic carbocycles. The van der Waals surface area contributed by atoms with Crippen LogP contribution in [0.3, 0.4) is 0 Å². The molecule has 0 radical (unpaired) electrons. The summed E-state index contributed by atoms with van der Waals surface area (Å²) >= 11 is 6.04. The molecule has 1 amide bonds. The maximum Gasteiger partial charge on any atom is 0.257 e. The summed E-state index contributed by atoms with van der Waals surface area (Å²) in [5, 5.41) is 2.99. The van der Waals surface area contributed by atoms with Gasteiger partial charge in [-0.1, -0.05) is 54.1 Å². The lowest BCUT2D eigenvalue weighted by atomic mass is 10.1. The number of nitrogen functional groups attached to an aromatic ring is 1. The summed E-state index contributed by atoms with van der Waals surface area (Å²) in [6.45, 7) is 1.96. The molecular formula is C27H23ClFN5O. The molecule has 3 N–H and O–H groups in total. The first-order valence-corrected chi connectivity index (χ1v) is 11.7. The number of hydrogen-bond acceptors (Lipinski definition) is 4. The van der Waals surface area contributed by atoms with E-state index in [4.69, 9.17) is 27.3 Å². The van der Waals surface area contributed by atoms with Crippen LogP contribution < -0.4 is 11.1 Å². The van der Waals surface area contributed by atoms with Gasteiger partial charge >= 0.3 is 0 Å². The van der Waals surface area contributed by atoms with Crippen LogP contribution in [0.1, 0.15) is 29.3 Å². The molecule has 2 heterocycles. The van der Waals surface area contributed by atoms with Crippen molar-refractivity contribution in [3.63, 3.8) is 0 Å². The SMILES string of the molecule is C[C@H](CCc1ccccc1)NC(=O)c1c(N)n(-c2ccc(F)c(Cl)c2)c2nc3ccccc3nc12. The van der Waals surface area contributed by atoms with Crippen LogP contribution in [0.4, 0.5) is 10.2 Å². The van der Waals surface area contributed by atoms with Gasteiger partial charge in [0, 0.05) is 6.04 Å². The maximum atomic E-state index is 13.8. The molecule has 0 spiro atoms. The molecule has 0 saturated carbocycles. The van der Waals surface area contributed by atoms with Crippen molar-refractivity contribution in [3.8, 4) is 5.69 Å². The molecule has 0 fully saturated rings. The van der Waals surface area contributed by atoms with E-state index >= 15 is 0 Å². The number of benzene rings is 3. The third kappa shape index (κ3) is 4.42. The molecule has 5 rings (SSSR count). The minimum absolute atomic E-state index is 0.0574. The number of fused-ring (bicyclic) bond motifs is 2. The van der Waals surface area contributed by atoms with Crippen molar-refractivity contribution in [1.82, 2.24) is 19.9 Å². The first-order chi connectivity index (χ1) is 16.9. The van der Waals surface area contributed by atoms with Crippen LogP contribution in [0.15, 0.2) is 72.8 Å². The Balaban J connectivity index is 1.56. The highest BCUT2D eigenvalue weighted by Gasteiger charge is 2.26. The Labute approximate surface area is 206 Å². The van der Waals surface area contributed by atoms with Gasteiger partial charge in [0.25, 0.3) is 5.91 Å². The van der Waals surface area contributed by atoms with Gasteiger partial charge in [0.05, 0.1) is 21.7 Å². The van der Waals surface area contributed by atoms with Crippen LogP contribution in [0.25, 0.3) is 27.9 Å². The summed E-state index contributed by atoms with van der Waals surface area (Å²) in [5.74, 6) is -0.734. The summed E-state index contributed by atoms with van der Waals surface area (Å²) in [4.78, 5) is 22.9. The van der Waals surface area contributed by atoms with E-state index in [9.17, 15) is 9.18 Å². The number of anilines is 1. The minimum atomic E-state index is -0.549. The van der Waals surface area contributed by atoms with Crippen LogP contribution in [-0.2, 0) is 6.42 Å². The number of nitrogens with one attached hydrogen (secondary N) is 1. The smallest absolute Gasteiger partial charge is 0.257 e. The molecule has 1 atom stereocenters. The largest absolute Gasteiger partial charge is 0.384 e. The van der Waals surface area contributed by atoms with Gasteiger partial charge in [0.2, 0.25) is 0 Å². The molecule has 2 aromatic heterocycles. The van der Waals surface area contributed by atoms with Gasteiger partial charge in [-0.25, -0.2) is 14.4 Å². The highest BCUT2D eigenvalue weighted by molar-refractivity contribution is 6.31. The Morgan fingerprint density at radius 1 is 1.06 bits per heavy atom. The van der Waals surface area contributed by atoms with Crippen molar-refractivity contribution in [1.29, 1.82) is 0 Å². The van der Waals surface area contributed by atoms with Crippen LogP contribution in [-0.4, -0.2) is 26.5 Å². The topological polar surface area (TPSA) is 85.8 Å². The lowest BCUT2D eigenvalue weighted by Gasteiger charge is -2.14. The fraction of sp³-hybridized carbons (Fsp3) is 0.148. The zero-order chi connectivity index (χ0) is 24.5. The summed E-state index contributed by atoms with van der Waals surface area (Å²) in [5.41, 5.74) is 10.5. The van der Waals surface area contributed by atoms with Gasteiger partial charge < -0.3 is 11.1 Å². The number of carbonyl (C=O) groups is 1. The molecule has 5 aromatic rings. The number of aryl methyl sites for hydroxylation is 1. The molecule has 0 bridgehead atoms. The summed E-state index contributed by atoms with van der Waals surface area (Å²) < 4.78 is 15.4. The second-order valence-electron chi connectivity index (χ2n) is 8.48. The second-order valence-corrected chi connectivity index (χ2v) is 8.88. The lowest BCUT2D eigenvalue weighted by molar-refractivity contribution is 0.0941. The van der Waals surface area contributed by atoms with Crippen LogP contribution in [0.2, 0.25) is 5.02 Å². The van der Waals surface area contributed by atoms with E-state index < -0.39 is 5.82 Å². The van der Waals surface area contributed by atoms with E-state index in [1.54, 1.807) is 4.57 Å². The third-order valence-electron chi connectivity index (χ3n) is 5.97. The van der Waals surface area contributed by atoms with E-state index in [-0.39, 0.29) is 28.4 Å². The number of para-hydroxylation sites is 2. The fourth-order valence-electron chi connectivity index (χ4n) is 4.17. The quantitative estimate of drug-likeness (QED) is 0.321. The van der Waals surface area contributed by atoms with Crippen LogP contribution in [0, 0.1) is 5.82 Å². The monoisotopic (exact) mass is 487 g/mol. The zero-order valence-corrected chi connectivity index (χ0v) is 19.8. The van der Waals surface area contributed by atoms with E-state index in [0.717, 1.165) is 12.8 Å². The molecule has 6 nitrogen and oxygen atoms in total. The number of rotatable bonds is 6. The van der Waals surface area contributed by atoms with Crippen LogP contribution >= 0.6 is 11.6 Å². The molecule has 0 unspecified atom stereocenters. The molecule has 3 aromatic carbocycles. The molecule has 176 valence electrons. The molecule has 0 saturated heterocycles. The molecule has 0 aliphatic rings. The normalized spacial score (nSPS) is 12.2. The standard InChI is InChI=1S/C27H23ClFN5O/c1-16(11-12-17-7-3-2-4-8-17)31-27(35)23-24-26(33-22-10-6-5-9-21(22)32-24)34(25(23)30)18-13-14-20(29)19(28)15-18/h2-10,13-16H,11-12,30H2,1H3,(H,31,35)/t16-/m1/s1. The second kappa shape index (κ2) is 9.35.